The van der Waals surface area contributed by atoms with Crippen molar-refractivity contribution in [2.45, 2.75) is 25.4 Å². The average molecular weight is 508 g/mol. The Labute approximate surface area is 213 Å². The van der Waals surface area contributed by atoms with Gasteiger partial charge in [-0.15, -0.1) is 0 Å². The van der Waals surface area contributed by atoms with E-state index >= 15 is 0 Å². The van der Waals surface area contributed by atoms with Crippen LogP contribution >= 0.6 is 0 Å². The number of likely N-dealkylation sites (tertiary alicyclic amines) is 1. The van der Waals surface area contributed by atoms with Gasteiger partial charge in [0.15, 0.2) is 11.6 Å². The Morgan fingerprint density at radius 1 is 0.838 bits per heavy atom. The Bertz CT molecular complexity index is 1400. The molecule has 1 fully saturated rings. The Morgan fingerprint density at radius 3 is 2.35 bits per heavy atom. The summed E-state index contributed by atoms with van der Waals surface area (Å²) in [6, 6.07) is 16.0. The van der Waals surface area contributed by atoms with Crippen LogP contribution < -0.4 is 4.74 Å². The van der Waals surface area contributed by atoms with E-state index in [9.17, 15) is 23.4 Å². The molecule has 0 aliphatic carbocycles. The number of ether oxygens (including phenoxy) is 1. The van der Waals surface area contributed by atoms with Gasteiger partial charge >= 0.3 is 0 Å². The zero-order valence-corrected chi connectivity index (χ0v) is 20.3. The number of phenolic OH excluding ortho intramolecular Hbond substituents is 1. The molecule has 0 unspecified atom stereocenters. The van der Waals surface area contributed by atoms with E-state index in [0.717, 1.165) is 25.7 Å². The number of fused-ring (bicyclic) bond motifs is 1. The van der Waals surface area contributed by atoms with Crippen molar-refractivity contribution in [1.29, 1.82) is 0 Å². The fraction of sp³-hybridized carbons (Fsp3) is 0.267. The summed E-state index contributed by atoms with van der Waals surface area (Å²) in [6.45, 7) is 3.60. The van der Waals surface area contributed by atoms with Crippen molar-refractivity contribution in [1.82, 2.24) is 4.90 Å². The van der Waals surface area contributed by atoms with E-state index < -0.39 is 23.6 Å². The second kappa shape index (κ2) is 10.8. The molecule has 4 nitrogen and oxygen atoms in total. The summed E-state index contributed by atoms with van der Waals surface area (Å²) >= 11 is 0. The fourth-order valence-corrected chi connectivity index (χ4v) is 5.01. The number of piperidine rings is 1. The van der Waals surface area contributed by atoms with Gasteiger partial charge in [-0.05, 0) is 78.2 Å². The van der Waals surface area contributed by atoms with Crippen molar-refractivity contribution in [3.05, 3.63) is 95.3 Å². The van der Waals surface area contributed by atoms with Crippen LogP contribution in [0.3, 0.4) is 0 Å². The Balaban J connectivity index is 1.47. The smallest absolute Gasteiger partial charge is 0.166 e. The second-order valence-corrected chi connectivity index (χ2v) is 9.40. The van der Waals surface area contributed by atoms with Crippen LogP contribution in [0.15, 0.2) is 66.7 Å². The minimum atomic E-state index is -1.31. The molecule has 0 aromatic heterocycles. The van der Waals surface area contributed by atoms with Gasteiger partial charge in [-0.1, -0.05) is 36.8 Å². The number of nitrogens with zero attached hydrogens (tertiary/aromatic N) is 1. The summed E-state index contributed by atoms with van der Waals surface area (Å²) in [5.74, 6) is -2.76. The molecule has 2 N–H and O–H groups in total. The molecule has 0 bridgehead atoms. The molecular formula is C30H28F3NO3. The maximum Gasteiger partial charge on any atom is 0.166 e. The quantitative estimate of drug-likeness (QED) is 0.278. The third-order valence-corrected chi connectivity index (χ3v) is 6.92. The zero-order valence-electron chi connectivity index (χ0n) is 20.3. The van der Waals surface area contributed by atoms with E-state index in [1.54, 1.807) is 36.4 Å². The highest BCUT2D eigenvalue weighted by Crippen LogP contribution is 2.40. The number of hydrogen-bond donors (Lipinski definition) is 2. The number of rotatable bonds is 7. The molecule has 1 saturated heterocycles. The first-order valence-electron chi connectivity index (χ1n) is 12.4. The van der Waals surface area contributed by atoms with Crippen molar-refractivity contribution in [3.63, 3.8) is 0 Å². The van der Waals surface area contributed by atoms with Gasteiger partial charge in [0, 0.05) is 23.7 Å². The molecule has 0 saturated carbocycles. The number of benzene rings is 4. The molecule has 7 heteroatoms. The zero-order chi connectivity index (χ0) is 25.9. The van der Waals surface area contributed by atoms with E-state index in [-0.39, 0.29) is 22.4 Å². The molecule has 1 aliphatic rings. The molecule has 192 valence electrons. The maximum atomic E-state index is 14.8. The van der Waals surface area contributed by atoms with Crippen LogP contribution in [-0.4, -0.2) is 41.4 Å². The van der Waals surface area contributed by atoms with Crippen molar-refractivity contribution in [2.24, 2.45) is 0 Å². The summed E-state index contributed by atoms with van der Waals surface area (Å²) in [7, 11) is 0. The van der Waals surface area contributed by atoms with Crippen molar-refractivity contribution in [3.8, 4) is 22.6 Å². The summed E-state index contributed by atoms with van der Waals surface area (Å²) in [6.07, 6.45) is 2.47. The third-order valence-electron chi connectivity index (χ3n) is 6.92. The molecule has 4 aromatic carbocycles. The lowest BCUT2D eigenvalue weighted by atomic mass is 9.88. The summed E-state index contributed by atoms with van der Waals surface area (Å²) < 4.78 is 48.8. The Hall–Kier alpha value is -3.55. The number of halogens is 3. The lowest BCUT2D eigenvalue weighted by Gasteiger charge is -2.26. The number of hydrogen-bond acceptors (Lipinski definition) is 4. The maximum absolute atomic E-state index is 14.8. The molecule has 4 aromatic rings. The van der Waals surface area contributed by atoms with Gasteiger partial charge in [-0.3, -0.25) is 4.90 Å². The molecule has 5 rings (SSSR count). The lowest BCUT2D eigenvalue weighted by Crippen LogP contribution is -2.33. The SMILES string of the molecule is Oc1ccc2c([C@H](O)c3ccc(OCCN4CCCCC4)cc3)c(-c3cc(F)cc(F)c3F)ccc2c1. The minimum absolute atomic E-state index is 0.0229. The van der Waals surface area contributed by atoms with Crippen LogP contribution in [0, 0.1) is 17.5 Å². The van der Waals surface area contributed by atoms with Crippen LogP contribution in [-0.2, 0) is 0 Å². The Kier molecular flexibility index (Phi) is 7.35. The molecule has 0 spiro atoms. The monoisotopic (exact) mass is 507 g/mol. The number of aromatic hydroxyl groups is 1. The Morgan fingerprint density at radius 2 is 1.59 bits per heavy atom. The molecule has 1 aliphatic heterocycles. The van der Waals surface area contributed by atoms with Gasteiger partial charge < -0.3 is 14.9 Å². The van der Waals surface area contributed by atoms with Crippen LogP contribution in [0.2, 0.25) is 0 Å². The normalized spacial score (nSPS) is 15.1. The number of phenols is 1. The van der Waals surface area contributed by atoms with Gasteiger partial charge in [0.05, 0.1) is 0 Å². The van der Waals surface area contributed by atoms with Gasteiger partial charge in [0.2, 0.25) is 0 Å². The third kappa shape index (κ3) is 5.43. The minimum Gasteiger partial charge on any atom is -0.508 e. The molecule has 0 amide bonds. The highest BCUT2D eigenvalue weighted by molar-refractivity contribution is 5.93. The average Bonchev–Trinajstić information content (AvgIpc) is 2.90. The summed E-state index contributed by atoms with van der Waals surface area (Å²) in [4.78, 5) is 2.38. The molecular weight excluding hydrogens is 479 g/mol. The van der Waals surface area contributed by atoms with E-state index in [1.807, 2.05) is 0 Å². The van der Waals surface area contributed by atoms with Gasteiger partial charge in [-0.2, -0.15) is 0 Å². The van der Waals surface area contributed by atoms with Gasteiger partial charge in [0.25, 0.3) is 0 Å². The fourth-order valence-electron chi connectivity index (χ4n) is 5.01. The summed E-state index contributed by atoms with van der Waals surface area (Å²) in [5.41, 5.74) is 0.644. The van der Waals surface area contributed by atoms with Crippen molar-refractivity contribution < 1.29 is 28.1 Å². The summed E-state index contributed by atoms with van der Waals surface area (Å²) in [5, 5.41) is 22.5. The van der Waals surface area contributed by atoms with E-state index in [0.29, 0.717) is 34.8 Å². The topological polar surface area (TPSA) is 52.9 Å². The van der Waals surface area contributed by atoms with E-state index in [1.165, 1.54) is 37.5 Å². The van der Waals surface area contributed by atoms with Crippen molar-refractivity contribution in [2.75, 3.05) is 26.2 Å². The molecule has 0 radical (unpaired) electrons. The van der Waals surface area contributed by atoms with Crippen LogP contribution in [0.4, 0.5) is 13.2 Å². The first kappa shape index (κ1) is 25.1. The van der Waals surface area contributed by atoms with Crippen molar-refractivity contribution >= 4 is 10.8 Å². The number of aliphatic hydroxyl groups excluding tert-OH is 1. The van der Waals surface area contributed by atoms with Gasteiger partial charge in [0.1, 0.15) is 30.0 Å². The lowest BCUT2D eigenvalue weighted by molar-refractivity contribution is 0.183. The second-order valence-electron chi connectivity index (χ2n) is 9.40. The van der Waals surface area contributed by atoms with Crippen LogP contribution in [0.25, 0.3) is 21.9 Å². The predicted molar refractivity (Wildman–Crippen MR) is 137 cm³/mol. The standard InChI is InChI=1S/C30H28F3NO3/c31-21-17-26(29(33)27(32)18-21)25-10-6-20-16-22(35)7-11-24(20)28(25)30(36)19-4-8-23(9-5-19)37-15-14-34-12-2-1-3-13-34/h4-11,16-18,30,35-36H,1-3,12-15H2/t30-/m1/s1. The largest absolute Gasteiger partial charge is 0.508 e. The highest BCUT2D eigenvalue weighted by Gasteiger charge is 2.23. The molecule has 1 heterocycles. The first-order chi connectivity index (χ1) is 17.9. The van der Waals surface area contributed by atoms with Crippen LogP contribution in [0.5, 0.6) is 11.5 Å². The molecule has 1 atom stereocenters. The highest BCUT2D eigenvalue weighted by atomic mass is 19.2. The predicted octanol–water partition coefficient (Wildman–Crippen LogP) is 6.58. The van der Waals surface area contributed by atoms with E-state index in [2.05, 4.69) is 4.90 Å². The first-order valence-corrected chi connectivity index (χ1v) is 12.4. The van der Waals surface area contributed by atoms with Gasteiger partial charge in [-0.25, -0.2) is 13.2 Å². The van der Waals surface area contributed by atoms with E-state index in [4.69, 9.17) is 4.74 Å². The number of aliphatic hydroxyl groups is 1. The van der Waals surface area contributed by atoms with Crippen LogP contribution in [0.1, 0.15) is 36.5 Å². The molecule has 37 heavy (non-hydrogen) atoms.